The molecule has 0 saturated heterocycles. The molecule has 6 heteroatoms. The molecule has 0 fully saturated rings. The molecule has 0 aliphatic rings. The molecule has 104 valence electrons. The molecule has 0 N–H and O–H groups in total. The molecule has 1 aromatic rings. The second kappa shape index (κ2) is 9.35. The lowest BCUT2D eigenvalue weighted by atomic mass is 10.3. The van der Waals surface area contributed by atoms with E-state index in [4.69, 9.17) is 9.47 Å². The molecule has 1 aromatic heterocycles. The fourth-order valence-corrected chi connectivity index (χ4v) is 2.37. The molecule has 0 aliphatic heterocycles. The van der Waals surface area contributed by atoms with Crippen LogP contribution in [0.4, 0.5) is 0 Å². The van der Waals surface area contributed by atoms with E-state index >= 15 is 0 Å². The van der Waals surface area contributed by atoms with E-state index in [2.05, 4.69) is 17.0 Å². The van der Waals surface area contributed by atoms with Crippen LogP contribution in [-0.4, -0.2) is 40.0 Å². The van der Waals surface area contributed by atoms with Crippen molar-refractivity contribution in [3.05, 3.63) is 6.33 Å². The summed E-state index contributed by atoms with van der Waals surface area (Å²) in [6.07, 6.45) is 3.72. The molecule has 5 nitrogen and oxygen atoms in total. The van der Waals surface area contributed by atoms with E-state index < -0.39 is 0 Å². The minimum absolute atomic E-state index is 0.165. The van der Waals surface area contributed by atoms with Gasteiger partial charge < -0.3 is 9.47 Å². The van der Waals surface area contributed by atoms with Crippen LogP contribution < -0.4 is 0 Å². The van der Waals surface area contributed by atoms with Crippen LogP contribution in [0.15, 0.2) is 11.5 Å². The molecule has 0 aromatic carbocycles. The Kier molecular flexibility index (Phi) is 8.04. The zero-order valence-corrected chi connectivity index (χ0v) is 12.3. The standard InChI is InChI=1S/C12H23N3O2S/c1-4-7-8-15-12(13-10-14-15)18-9-11(16-5-2)17-6-3/h10-11H,4-9H2,1-3H3. The molecule has 0 bridgehead atoms. The van der Waals surface area contributed by atoms with E-state index in [-0.39, 0.29) is 6.29 Å². The molecule has 0 amide bonds. The Hall–Kier alpha value is -0.590. The number of unbranched alkanes of at least 4 members (excludes halogenated alkanes) is 1. The number of ether oxygens (including phenoxy) is 2. The normalized spacial score (nSPS) is 11.3. The van der Waals surface area contributed by atoms with Crippen LogP contribution in [0.25, 0.3) is 0 Å². The van der Waals surface area contributed by atoms with Gasteiger partial charge in [-0.05, 0) is 20.3 Å². The largest absolute Gasteiger partial charge is 0.352 e. The molecular formula is C12H23N3O2S. The number of rotatable bonds is 10. The number of hydrogen-bond donors (Lipinski definition) is 0. The van der Waals surface area contributed by atoms with E-state index in [1.165, 1.54) is 0 Å². The summed E-state index contributed by atoms with van der Waals surface area (Å²) < 4.78 is 12.9. The van der Waals surface area contributed by atoms with Gasteiger partial charge >= 0.3 is 0 Å². The summed E-state index contributed by atoms with van der Waals surface area (Å²) >= 11 is 1.63. The first-order valence-electron chi connectivity index (χ1n) is 6.55. The maximum absolute atomic E-state index is 5.50. The van der Waals surface area contributed by atoms with Crippen molar-refractivity contribution in [1.29, 1.82) is 0 Å². The van der Waals surface area contributed by atoms with Crippen molar-refractivity contribution in [2.24, 2.45) is 0 Å². The monoisotopic (exact) mass is 273 g/mol. The average molecular weight is 273 g/mol. The molecule has 0 radical (unpaired) electrons. The summed E-state index contributed by atoms with van der Waals surface area (Å²) in [7, 11) is 0. The maximum atomic E-state index is 5.50. The van der Waals surface area contributed by atoms with Gasteiger partial charge in [-0.2, -0.15) is 5.10 Å². The Balaban J connectivity index is 2.42. The Morgan fingerprint density at radius 2 is 2.00 bits per heavy atom. The van der Waals surface area contributed by atoms with Crippen LogP contribution in [0.3, 0.4) is 0 Å². The summed E-state index contributed by atoms with van der Waals surface area (Å²) in [4.78, 5) is 4.27. The molecule has 0 unspecified atom stereocenters. The topological polar surface area (TPSA) is 49.2 Å². The Bertz CT molecular complexity index is 314. The molecule has 0 saturated carbocycles. The summed E-state index contributed by atoms with van der Waals surface area (Å²) in [6, 6.07) is 0. The average Bonchev–Trinajstić information content (AvgIpc) is 2.81. The smallest absolute Gasteiger partial charge is 0.186 e. The van der Waals surface area contributed by atoms with Crippen molar-refractivity contribution in [2.45, 2.75) is 51.6 Å². The van der Waals surface area contributed by atoms with E-state index in [0.717, 1.165) is 30.3 Å². The lowest BCUT2D eigenvalue weighted by Gasteiger charge is -2.16. The highest BCUT2D eigenvalue weighted by molar-refractivity contribution is 7.99. The number of thioether (sulfide) groups is 1. The summed E-state index contributed by atoms with van der Waals surface area (Å²) in [5.74, 6) is 0.743. The van der Waals surface area contributed by atoms with Crippen molar-refractivity contribution >= 4 is 11.8 Å². The van der Waals surface area contributed by atoms with Crippen molar-refractivity contribution in [1.82, 2.24) is 14.8 Å². The van der Waals surface area contributed by atoms with E-state index in [9.17, 15) is 0 Å². The SMILES string of the molecule is CCCCn1ncnc1SCC(OCC)OCC. The van der Waals surface area contributed by atoms with Gasteiger partial charge in [-0.25, -0.2) is 9.67 Å². The van der Waals surface area contributed by atoms with Crippen molar-refractivity contribution in [2.75, 3.05) is 19.0 Å². The van der Waals surface area contributed by atoms with E-state index in [0.29, 0.717) is 13.2 Å². The van der Waals surface area contributed by atoms with Crippen LogP contribution in [0, 0.1) is 0 Å². The lowest BCUT2D eigenvalue weighted by Crippen LogP contribution is -2.20. The molecule has 1 heterocycles. The Labute approximate surface area is 113 Å². The van der Waals surface area contributed by atoms with Gasteiger partial charge in [-0.1, -0.05) is 25.1 Å². The van der Waals surface area contributed by atoms with Crippen LogP contribution in [-0.2, 0) is 16.0 Å². The quantitative estimate of drug-likeness (QED) is 0.484. The van der Waals surface area contributed by atoms with Crippen molar-refractivity contribution in [3.8, 4) is 0 Å². The Morgan fingerprint density at radius 3 is 2.61 bits per heavy atom. The zero-order chi connectivity index (χ0) is 13.2. The number of hydrogen-bond acceptors (Lipinski definition) is 5. The second-order valence-corrected chi connectivity index (χ2v) is 4.76. The predicted octanol–water partition coefficient (Wildman–Crippen LogP) is 2.57. The number of aryl methyl sites for hydroxylation is 1. The van der Waals surface area contributed by atoms with E-state index in [1.807, 2.05) is 18.5 Å². The number of aromatic nitrogens is 3. The minimum Gasteiger partial charge on any atom is -0.352 e. The van der Waals surface area contributed by atoms with Gasteiger partial charge in [-0.3, -0.25) is 0 Å². The fraction of sp³-hybridized carbons (Fsp3) is 0.833. The highest BCUT2D eigenvalue weighted by Gasteiger charge is 2.11. The molecule has 1 rings (SSSR count). The third-order valence-electron chi connectivity index (χ3n) is 2.36. The number of nitrogens with zero attached hydrogens (tertiary/aromatic N) is 3. The third kappa shape index (κ3) is 5.37. The van der Waals surface area contributed by atoms with E-state index in [1.54, 1.807) is 18.1 Å². The van der Waals surface area contributed by atoms with Crippen molar-refractivity contribution < 1.29 is 9.47 Å². The maximum Gasteiger partial charge on any atom is 0.186 e. The molecule has 0 aliphatic carbocycles. The minimum atomic E-state index is -0.165. The highest BCUT2D eigenvalue weighted by Crippen LogP contribution is 2.17. The first-order chi connectivity index (χ1) is 8.81. The zero-order valence-electron chi connectivity index (χ0n) is 11.5. The van der Waals surface area contributed by atoms with Gasteiger partial charge in [0.1, 0.15) is 6.33 Å². The molecule has 0 spiro atoms. The van der Waals surface area contributed by atoms with Gasteiger partial charge in [-0.15, -0.1) is 0 Å². The predicted molar refractivity (Wildman–Crippen MR) is 72.7 cm³/mol. The van der Waals surface area contributed by atoms with Gasteiger partial charge in [0.2, 0.25) is 0 Å². The van der Waals surface area contributed by atoms with Gasteiger partial charge in [0.05, 0.1) is 5.75 Å². The lowest BCUT2D eigenvalue weighted by molar-refractivity contribution is -0.120. The van der Waals surface area contributed by atoms with Gasteiger partial charge in [0.25, 0.3) is 0 Å². The first-order valence-corrected chi connectivity index (χ1v) is 7.54. The summed E-state index contributed by atoms with van der Waals surface area (Å²) in [5.41, 5.74) is 0. The van der Waals surface area contributed by atoms with Crippen molar-refractivity contribution in [3.63, 3.8) is 0 Å². The molecule has 18 heavy (non-hydrogen) atoms. The third-order valence-corrected chi connectivity index (χ3v) is 3.37. The van der Waals surface area contributed by atoms with Crippen LogP contribution in [0.2, 0.25) is 0 Å². The van der Waals surface area contributed by atoms with Gasteiger partial charge in [0, 0.05) is 19.8 Å². The highest BCUT2D eigenvalue weighted by atomic mass is 32.2. The molecule has 0 atom stereocenters. The second-order valence-electron chi connectivity index (χ2n) is 3.77. The van der Waals surface area contributed by atoms with Crippen LogP contribution in [0.5, 0.6) is 0 Å². The fourth-order valence-electron chi connectivity index (χ4n) is 1.49. The Morgan fingerprint density at radius 1 is 1.28 bits per heavy atom. The summed E-state index contributed by atoms with van der Waals surface area (Å²) in [6.45, 7) is 8.36. The van der Waals surface area contributed by atoms with Crippen LogP contribution in [0.1, 0.15) is 33.6 Å². The summed E-state index contributed by atoms with van der Waals surface area (Å²) in [5, 5.41) is 5.16. The van der Waals surface area contributed by atoms with Gasteiger partial charge in [0.15, 0.2) is 11.4 Å². The first kappa shape index (κ1) is 15.5. The molecular weight excluding hydrogens is 250 g/mol. The van der Waals surface area contributed by atoms with Crippen LogP contribution >= 0.6 is 11.8 Å².